The lowest BCUT2D eigenvalue weighted by Crippen LogP contribution is -2.27. The molecule has 0 fully saturated rings. The van der Waals surface area contributed by atoms with Crippen LogP contribution < -0.4 is 14.2 Å². The molecule has 0 aliphatic heterocycles. The van der Waals surface area contributed by atoms with E-state index in [0.717, 1.165) is 52.7 Å². The van der Waals surface area contributed by atoms with Crippen LogP contribution in [0.5, 0.6) is 28.7 Å². The van der Waals surface area contributed by atoms with Crippen LogP contribution in [0, 0.1) is 13.8 Å². The normalized spacial score (nSPS) is 13.6. The number of aryl methyl sites for hydroxylation is 2. The Morgan fingerprint density at radius 1 is 0.674 bits per heavy atom. The molecule has 43 heavy (non-hydrogen) atoms. The first kappa shape index (κ1) is 31.9. The Bertz CT molecular complexity index is 1550. The highest BCUT2D eigenvalue weighted by Gasteiger charge is 2.25. The van der Waals surface area contributed by atoms with Crippen LogP contribution in [-0.4, -0.2) is 5.60 Å². The van der Waals surface area contributed by atoms with E-state index in [0.29, 0.717) is 0 Å². The molecule has 0 saturated heterocycles. The van der Waals surface area contributed by atoms with E-state index >= 15 is 0 Å². The molecule has 4 rings (SSSR count). The van der Waals surface area contributed by atoms with Crippen molar-refractivity contribution in [3.63, 3.8) is 0 Å². The lowest BCUT2D eigenvalue weighted by atomic mass is 9.75. The number of hydrogen-bond acceptors (Lipinski definition) is 3. The van der Waals surface area contributed by atoms with E-state index in [9.17, 15) is 0 Å². The van der Waals surface area contributed by atoms with Crippen molar-refractivity contribution >= 4 is 0 Å². The highest BCUT2D eigenvalue weighted by molar-refractivity contribution is 5.46. The predicted octanol–water partition coefficient (Wildman–Crippen LogP) is 11.9. The number of rotatable bonds is 12. The summed E-state index contributed by atoms with van der Waals surface area (Å²) in [6.07, 6.45) is 1.96. The largest absolute Gasteiger partial charge is 0.488 e. The van der Waals surface area contributed by atoms with Gasteiger partial charge in [0.2, 0.25) is 0 Å². The summed E-state index contributed by atoms with van der Waals surface area (Å²) in [7, 11) is 0. The highest BCUT2D eigenvalue weighted by Crippen LogP contribution is 2.37. The first-order valence-corrected chi connectivity index (χ1v) is 15.5. The summed E-state index contributed by atoms with van der Waals surface area (Å²) in [5.74, 6) is 4.40. The Hall–Kier alpha value is -3.98. The number of ether oxygens (including phenoxy) is 3. The van der Waals surface area contributed by atoms with E-state index in [2.05, 4.69) is 117 Å². The Morgan fingerprint density at radius 2 is 1.14 bits per heavy atom. The number of benzene rings is 4. The van der Waals surface area contributed by atoms with Gasteiger partial charge in [-0.3, -0.25) is 0 Å². The standard InChI is InChI=1S/C40H48O3/c1-11-39(8,9)43-38-24-14-32(26-29(38)6)30(7)31-13-23-37(28(5)25-31)42-36-21-19-35(20-22-36)41-34-17-15-33(16-18-34)40(10,12-2)27(3)4/h13-26,30H,3,11-12H2,1-2,4-10H3. The third-order valence-electron chi connectivity index (χ3n) is 9.06. The second-order valence-corrected chi connectivity index (χ2v) is 12.7. The molecule has 2 unspecified atom stereocenters. The average Bonchev–Trinajstić information content (AvgIpc) is 2.99. The summed E-state index contributed by atoms with van der Waals surface area (Å²) in [4.78, 5) is 0. The lowest BCUT2D eigenvalue weighted by molar-refractivity contribution is 0.104. The second-order valence-electron chi connectivity index (χ2n) is 12.7. The molecule has 0 saturated carbocycles. The van der Waals surface area contributed by atoms with Gasteiger partial charge < -0.3 is 14.2 Å². The van der Waals surface area contributed by atoms with Gasteiger partial charge in [0.15, 0.2) is 0 Å². The third kappa shape index (κ3) is 7.51. The SMILES string of the molecule is C=C(C)C(C)(CC)c1ccc(Oc2ccc(Oc3ccc(C(C)c4ccc(OC(C)(C)CC)c(C)c4)cc3C)cc2)cc1. The van der Waals surface area contributed by atoms with Crippen molar-refractivity contribution in [3.8, 4) is 28.7 Å². The first-order valence-electron chi connectivity index (χ1n) is 15.5. The minimum Gasteiger partial charge on any atom is -0.488 e. The molecular weight excluding hydrogens is 528 g/mol. The van der Waals surface area contributed by atoms with E-state index in [1.165, 1.54) is 22.3 Å². The van der Waals surface area contributed by atoms with Crippen molar-refractivity contribution in [2.75, 3.05) is 0 Å². The van der Waals surface area contributed by atoms with Gasteiger partial charge in [-0.25, -0.2) is 0 Å². The summed E-state index contributed by atoms with van der Waals surface area (Å²) in [6, 6.07) is 29.1. The molecule has 2 atom stereocenters. The van der Waals surface area contributed by atoms with Gasteiger partial charge in [0.1, 0.15) is 34.3 Å². The first-order chi connectivity index (χ1) is 20.3. The van der Waals surface area contributed by atoms with E-state index in [1.54, 1.807) is 0 Å². The van der Waals surface area contributed by atoms with Crippen LogP contribution in [0.1, 0.15) is 95.0 Å². The molecule has 0 aromatic heterocycles. The van der Waals surface area contributed by atoms with Gasteiger partial charge in [-0.15, -0.1) is 0 Å². The van der Waals surface area contributed by atoms with Crippen molar-refractivity contribution in [2.24, 2.45) is 0 Å². The molecule has 4 aromatic carbocycles. The predicted molar refractivity (Wildman–Crippen MR) is 180 cm³/mol. The fourth-order valence-corrected chi connectivity index (χ4v) is 5.16. The maximum absolute atomic E-state index is 6.25. The zero-order valence-corrected chi connectivity index (χ0v) is 27.5. The van der Waals surface area contributed by atoms with Gasteiger partial charge >= 0.3 is 0 Å². The molecule has 0 aliphatic carbocycles. The van der Waals surface area contributed by atoms with Crippen LogP contribution in [0.15, 0.2) is 97.1 Å². The van der Waals surface area contributed by atoms with Gasteiger partial charge in [0.05, 0.1) is 0 Å². The fraction of sp³-hybridized carbons (Fsp3) is 0.350. The van der Waals surface area contributed by atoms with Crippen molar-refractivity contribution in [2.45, 2.75) is 92.1 Å². The lowest BCUT2D eigenvalue weighted by Gasteiger charge is -2.29. The maximum Gasteiger partial charge on any atom is 0.130 e. The van der Waals surface area contributed by atoms with Crippen LogP contribution in [0.2, 0.25) is 0 Å². The fourth-order valence-electron chi connectivity index (χ4n) is 5.16. The van der Waals surface area contributed by atoms with Gasteiger partial charge in [-0.2, -0.15) is 0 Å². The van der Waals surface area contributed by atoms with Gasteiger partial charge in [0.25, 0.3) is 0 Å². The topological polar surface area (TPSA) is 27.7 Å². The molecule has 0 radical (unpaired) electrons. The zero-order chi connectivity index (χ0) is 31.4. The molecular formula is C40H48O3. The average molecular weight is 577 g/mol. The molecule has 0 N–H and O–H groups in total. The van der Waals surface area contributed by atoms with Crippen molar-refractivity contribution in [1.29, 1.82) is 0 Å². The third-order valence-corrected chi connectivity index (χ3v) is 9.06. The van der Waals surface area contributed by atoms with E-state index in [1.807, 2.05) is 36.4 Å². The minimum atomic E-state index is -0.174. The summed E-state index contributed by atoms with van der Waals surface area (Å²) in [5.41, 5.74) is 7.00. The van der Waals surface area contributed by atoms with Gasteiger partial charge in [-0.1, -0.05) is 76.2 Å². The second kappa shape index (κ2) is 13.1. The Balaban J connectivity index is 1.40. The Morgan fingerprint density at radius 3 is 1.58 bits per heavy atom. The van der Waals surface area contributed by atoms with E-state index in [4.69, 9.17) is 14.2 Å². The van der Waals surface area contributed by atoms with Crippen molar-refractivity contribution < 1.29 is 14.2 Å². The molecule has 3 heteroatoms. The minimum absolute atomic E-state index is 0.0302. The van der Waals surface area contributed by atoms with Crippen LogP contribution in [0.4, 0.5) is 0 Å². The molecule has 0 amide bonds. The molecule has 226 valence electrons. The Labute approximate surface area is 259 Å². The van der Waals surface area contributed by atoms with Crippen LogP contribution in [0.25, 0.3) is 0 Å². The zero-order valence-electron chi connectivity index (χ0n) is 27.5. The summed E-state index contributed by atoms with van der Waals surface area (Å²) < 4.78 is 18.6. The maximum atomic E-state index is 6.25. The van der Waals surface area contributed by atoms with E-state index < -0.39 is 0 Å². The molecule has 0 aliphatic rings. The molecule has 0 heterocycles. The quantitative estimate of drug-likeness (QED) is 0.157. The summed E-state index contributed by atoms with van der Waals surface area (Å²) in [6.45, 7) is 23.6. The number of allylic oxidation sites excluding steroid dienone is 1. The van der Waals surface area contributed by atoms with Crippen LogP contribution in [-0.2, 0) is 5.41 Å². The monoisotopic (exact) mass is 576 g/mol. The Kier molecular flexibility index (Phi) is 9.75. The van der Waals surface area contributed by atoms with Crippen LogP contribution >= 0.6 is 0 Å². The molecule has 4 aromatic rings. The summed E-state index contributed by atoms with van der Waals surface area (Å²) >= 11 is 0. The van der Waals surface area contributed by atoms with Crippen LogP contribution in [0.3, 0.4) is 0 Å². The highest BCUT2D eigenvalue weighted by atomic mass is 16.5. The molecule has 0 spiro atoms. The van der Waals surface area contributed by atoms with Gasteiger partial charge in [0, 0.05) is 11.3 Å². The molecule has 0 bridgehead atoms. The summed E-state index contributed by atoms with van der Waals surface area (Å²) in [5, 5.41) is 0. The van der Waals surface area contributed by atoms with E-state index in [-0.39, 0.29) is 16.9 Å². The van der Waals surface area contributed by atoms with Crippen molar-refractivity contribution in [1.82, 2.24) is 0 Å². The number of hydrogen-bond donors (Lipinski definition) is 0. The molecule has 3 nitrogen and oxygen atoms in total. The van der Waals surface area contributed by atoms with Crippen molar-refractivity contribution in [3.05, 3.63) is 125 Å². The smallest absolute Gasteiger partial charge is 0.130 e. The van der Waals surface area contributed by atoms with Gasteiger partial charge in [-0.05, 0) is 124 Å².